The van der Waals surface area contributed by atoms with Gasteiger partial charge in [0.05, 0.1) is 17.4 Å². The molecule has 1 atom stereocenters. The first-order valence-electron chi connectivity index (χ1n) is 6.67. The zero-order valence-corrected chi connectivity index (χ0v) is 14.0. The lowest BCUT2D eigenvalue weighted by Gasteiger charge is -2.13. The molecule has 0 aliphatic rings. The number of benzene rings is 2. The lowest BCUT2D eigenvalue weighted by molar-refractivity contribution is -0.115. The van der Waals surface area contributed by atoms with Gasteiger partial charge >= 0.3 is 0 Å². The second-order valence-corrected chi connectivity index (χ2v) is 6.46. The Hall–Kier alpha value is -1.79. The maximum absolute atomic E-state index is 13.6. The van der Waals surface area contributed by atoms with Crippen LogP contribution in [0.1, 0.15) is 6.92 Å². The van der Waals surface area contributed by atoms with Gasteiger partial charge < -0.3 is 10.1 Å². The number of ether oxygens (including phenoxy) is 1. The van der Waals surface area contributed by atoms with Crippen LogP contribution in [-0.4, -0.2) is 18.3 Å². The van der Waals surface area contributed by atoms with Crippen LogP contribution in [0.4, 0.5) is 14.5 Å². The van der Waals surface area contributed by atoms with Crippen molar-refractivity contribution in [3.05, 3.63) is 53.1 Å². The first-order chi connectivity index (χ1) is 10.9. The molecule has 7 heteroatoms. The van der Waals surface area contributed by atoms with E-state index in [-0.39, 0.29) is 10.8 Å². The van der Waals surface area contributed by atoms with Gasteiger partial charge in [0, 0.05) is 16.6 Å². The average molecular weight is 358 g/mol. The number of hydrogen-bond donors (Lipinski definition) is 1. The number of methoxy groups -OCH3 is 1. The van der Waals surface area contributed by atoms with Crippen molar-refractivity contribution in [2.24, 2.45) is 0 Å². The minimum atomic E-state index is -0.692. The van der Waals surface area contributed by atoms with Gasteiger partial charge in [-0.2, -0.15) is 0 Å². The van der Waals surface area contributed by atoms with Crippen molar-refractivity contribution in [3.8, 4) is 5.75 Å². The number of amides is 1. The highest BCUT2D eigenvalue weighted by Crippen LogP contribution is 2.29. The summed E-state index contributed by atoms with van der Waals surface area (Å²) in [6.45, 7) is 1.63. The molecular formula is C16H14ClF2NO2S. The van der Waals surface area contributed by atoms with Gasteiger partial charge in [-0.1, -0.05) is 11.6 Å². The van der Waals surface area contributed by atoms with E-state index in [1.165, 1.54) is 13.2 Å². The average Bonchev–Trinajstić information content (AvgIpc) is 2.50. The number of halogens is 3. The Labute approximate surface area is 142 Å². The van der Waals surface area contributed by atoms with Crippen LogP contribution in [-0.2, 0) is 4.79 Å². The van der Waals surface area contributed by atoms with Crippen LogP contribution in [0.5, 0.6) is 5.75 Å². The molecule has 1 amide bonds. The third-order valence-corrected chi connectivity index (χ3v) is 4.43. The maximum Gasteiger partial charge on any atom is 0.237 e. The minimum absolute atomic E-state index is 0.210. The van der Waals surface area contributed by atoms with Crippen LogP contribution >= 0.6 is 23.4 Å². The molecule has 0 saturated heterocycles. The second kappa shape index (κ2) is 7.66. The van der Waals surface area contributed by atoms with Crippen molar-refractivity contribution in [1.29, 1.82) is 0 Å². The van der Waals surface area contributed by atoms with E-state index in [1.54, 1.807) is 25.1 Å². The van der Waals surface area contributed by atoms with Gasteiger partial charge in [-0.15, -0.1) is 11.8 Å². The monoisotopic (exact) mass is 357 g/mol. The largest absolute Gasteiger partial charge is 0.495 e. The molecule has 0 bridgehead atoms. The predicted molar refractivity (Wildman–Crippen MR) is 88.3 cm³/mol. The molecule has 0 heterocycles. The summed E-state index contributed by atoms with van der Waals surface area (Å²) in [5.41, 5.74) is 0.507. The Morgan fingerprint density at radius 3 is 2.61 bits per heavy atom. The van der Waals surface area contributed by atoms with Gasteiger partial charge in [-0.3, -0.25) is 4.79 Å². The summed E-state index contributed by atoms with van der Waals surface area (Å²) in [6.07, 6.45) is 0. The van der Waals surface area contributed by atoms with Crippen molar-refractivity contribution < 1.29 is 18.3 Å². The molecule has 3 nitrogen and oxygen atoms in total. The van der Waals surface area contributed by atoms with E-state index in [0.717, 1.165) is 23.9 Å². The fourth-order valence-electron chi connectivity index (χ4n) is 1.80. The molecule has 0 aliphatic heterocycles. The van der Waals surface area contributed by atoms with Crippen molar-refractivity contribution in [2.45, 2.75) is 17.1 Å². The van der Waals surface area contributed by atoms with Crippen molar-refractivity contribution in [2.75, 3.05) is 12.4 Å². The summed E-state index contributed by atoms with van der Waals surface area (Å²) in [6, 6.07) is 8.10. The first kappa shape index (κ1) is 17.6. The molecule has 2 aromatic carbocycles. The van der Waals surface area contributed by atoms with Gasteiger partial charge in [0.25, 0.3) is 0 Å². The number of rotatable bonds is 5. The Balaban J connectivity index is 2.03. The molecule has 122 valence electrons. The Bertz CT molecular complexity index is 727. The Morgan fingerprint density at radius 1 is 1.26 bits per heavy atom. The molecule has 0 radical (unpaired) electrons. The third-order valence-electron chi connectivity index (χ3n) is 2.99. The van der Waals surface area contributed by atoms with E-state index >= 15 is 0 Å². The number of hydrogen-bond acceptors (Lipinski definition) is 3. The van der Waals surface area contributed by atoms with Gasteiger partial charge in [0.15, 0.2) is 0 Å². The van der Waals surface area contributed by atoms with E-state index in [1.807, 2.05) is 0 Å². The molecule has 1 N–H and O–H groups in total. The number of carbonyl (C=O) groups excluding carboxylic acids is 1. The van der Waals surface area contributed by atoms with Gasteiger partial charge in [0.2, 0.25) is 5.91 Å². The Kier molecular flexibility index (Phi) is 5.85. The normalized spacial score (nSPS) is 11.9. The minimum Gasteiger partial charge on any atom is -0.495 e. The quantitative estimate of drug-likeness (QED) is 0.785. The van der Waals surface area contributed by atoms with E-state index in [2.05, 4.69) is 5.32 Å². The summed E-state index contributed by atoms with van der Waals surface area (Å²) >= 11 is 7.00. The van der Waals surface area contributed by atoms with Crippen LogP contribution in [0.15, 0.2) is 41.3 Å². The van der Waals surface area contributed by atoms with Crippen LogP contribution in [0.25, 0.3) is 0 Å². The highest BCUT2D eigenvalue weighted by atomic mass is 35.5. The van der Waals surface area contributed by atoms with Crippen LogP contribution < -0.4 is 10.1 Å². The topological polar surface area (TPSA) is 38.3 Å². The Morgan fingerprint density at radius 2 is 2.00 bits per heavy atom. The standard InChI is InChI=1S/C16H14ClF2NO2S/c1-9(23-15-6-3-10(18)7-13(15)19)16(21)20-11-4-5-14(22-2)12(17)8-11/h3-9H,1-2H3,(H,20,21)/t9-/m1/s1. The van der Waals surface area contributed by atoms with Crippen LogP contribution in [0, 0.1) is 11.6 Å². The molecule has 0 aromatic heterocycles. The zero-order chi connectivity index (χ0) is 17.0. The molecule has 2 rings (SSSR count). The van der Waals surface area contributed by atoms with E-state index in [9.17, 15) is 13.6 Å². The second-order valence-electron chi connectivity index (χ2n) is 4.67. The van der Waals surface area contributed by atoms with Crippen molar-refractivity contribution >= 4 is 35.0 Å². The molecule has 0 aliphatic carbocycles. The number of thioether (sulfide) groups is 1. The smallest absolute Gasteiger partial charge is 0.237 e. The maximum atomic E-state index is 13.6. The molecule has 0 fully saturated rings. The fraction of sp³-hybridized carbons (Fsp3) is 0.188. The summed E-state index contributed by atoms with van der Waals surface area (Å²) < 4.78 is 31.5. The van der Waals surface area contributed by atoms with Gasteiger partial charge in [-0.25, -0.2) is 8.78 Å². The summed E-state index contributed by atoms with van der Waals surface area (Å²) in [5.74, 6) is -1.17. The van der Waals surface area contributed by atoms with Crippen LogP contribution in [0.3, 0.4) is 0 Å². The number of carbonyl (C=O) groups is 1. The third kappa shape index (κ3) is 4.59. The van der Waals surface area contributed by atoms with Gasteiger partial charge in [-0.05, 0) is 37.3 Å². The predicted octanol–water partition coefficient (Wildman–Crippen LogP) is 4.75. The van der Waals surface area contributed by atoms with E-state index in [4.69, 9.17) is 16.3 Å². The number of anilines is 1. The zero-order valence-electron chi connectivity index (χ0n) is 12.4. The summed E-state index contributed by atoms with van der Waals surface area (Å²) in [5, 5.41) is 2.49. The summed E-state index contributed by atoms with van der Waals surface area (Å²) in [7, 11) is 1.50. The molecule has 2 aromatic rings. The van der Waals surface area contributed by atoms with Gasteiger partial charge in [0.1, 0.15) is 17.4 Å². The molecule has 0 unspecified atom stereocenters. The highest BCUT2D eigenvalue weighted by molar-refractivity contribution is 8.00. The van der Waals surface area contributed by atoms with Crippen LogP contribution in [0.2, 0.25) is 5.02 Å². The van der Waals surface area contributed by atoms with E-state index in [0.29, 0.717) is 16.5 Å². The van der Waals surface area contributed by atoms with Crippen molar-refractivity contribution in [1.82, 2.24) is 0 Å². The summed E-state index contributed by atoms with van der Waals surface area (Å²) in [4.78, 5) is 12.4. The molecule has 0 saturated carbocycles. The highest BCUT2D eigenvalue weighted by Gasteiger charge is 2.17. The SMILES string of the molecule is COc1ccc(NC(=O)[C@@H](C)Sc2ccc(F)cc2F)cc1Cl. The lowest BCUT2D eigenvalue weighted by Crippen LogP contribution is -2.22. The molecule has 0 spiro atoms. The number of nitrogens with one attached hydrogen (secondary N) is 1. The first-order valence-corrected chi connectivity index (χ1v) is 7.92. The lowest BCUT2D eigenvalue weighted by atomic mass is 10.3. The molecule has 23 heavy (non-hydrogen) atoms. The fourth-order valence-corrected chi connectivity index (χ4v) is 2.93. The van der Waals surface area contributed by atoms with Crippen molar-refractivity contribution in [3.63, 3.8) is 0 Å². The molecular weight excluding hydrogens is 344 g/mol. The van der Waals surface area contributed by atoms with E-state index < -0.39 is 16.9 Å².